The van der Waals surface area contributed by atoms with Crippen LogP contribution in [0.25, 0.3) is 11.3 Å². The molecule has 0 saturated heterocycles. The minimum atomic E-state index is 0.572. The SMILES string of the molecule is CNc1nc(Nc2ccccc2)cc(-c2ccncc2)n1. The van der Waals surface area contributed by atoms with E-state index in [2.05, 4.69) is 25.6 Å². The Hall–Kier alpha value is -2.95. The predicted octanol–water partition coefficient (Wildman–Crippen LogP) is 3.32. The summed E-state index contributed by atoms with van der Waals surface area (Å²) < 4.78 is 0. The van der Waals surface area contributed by atoms with Crippen LogP contribution in [0.15, 0.2) is 60.9 Å². The molecule has 0 atom stereocenters. The van der Waals surface area contributed by atoms with E-state index >= 15 is 0 Å². The van der Waals surface area contributed by atoms with Crippen LogP contribution in [0, 0.1) is 0 Å². The molecule has 0 aliphatic rings. The Morgan fingerprint density at radius 2 is 1.67 bits per heavy atom. The maximum absolute atomic E-state index is 4.47. The summed E-state index contributed by atoms with van der Waals surface area (Å²) in [7, 11) is 1.80. The molecule has 0 aliphatic heterocycles. The minimum Gasteiger partial charge on any atom is -0.357 e. The van der Waals surface area contributed by atoms with Crippen molar-refractivity contribution in [3.05, 3.63) is 60.9 Å². The number of aromatic nitrogens is 3. The molecule has 0 radical (unpaired) electrons. The third-order valence-electron chi connectivity index (χ3n) is 2.97. The highest BCUT2D eigenvalue weighted by Crippen LogP contribution is 2.22. The number of hydrogen-bond donors (Lipinski definition) is 2. The lowest BCUT2D eigenvalue weighted by molar-refractivity contribution is 1.15. The second-order valence-corrected chi connectivity index (χ2v) is 4.44. The van der Waals surface area contributed by atoms with E-state index < -0.39 is 0 Å². The first-order valence-electron chi connectivity index (χ1n) is 6.64. The highest BCUT2D eigenvalue weighted by atomic mass is 15.1. The molecule has 0 unspecified atom stereocenters. The van der Waals surface area contributed by atoms with Gasteiger partial charge in [0.2, 0.25) is 5.95 Å². The van der Waals surface area contributed by atoms with Gasteiger partial charge in [-0.05, 0) is 24.3 Å². The van der Waals surface area contributed by atoms with Gasteiger partial charge >= 0.3 is 0 Å². The summed E-state index contributed by atoms with van der Waals surface area (Å²) in [5, 5.41) is 6.27. The van der Waals surface area contributed by atoms with E-state index in [1.54, 1.807) is 19.4 Å². The summed E-state index contributed by atoms with van der Waals surface area (Å²) in [4.78, 5) is 12.9. The lowest BCUT2D eigenvalue weighted by atomic mass is 10.2. The van der Waals surface area contributed by atoms with Gasteiger partial charge in [-0.1, -0.05) is 18.2 Å². The highest BCUT2D eigenvalue weighted by molar-refractivity contribution is 5.66. The summed E-state index contributed by atoms with van der Waals surface area (Å²) in [6.07, 6.45) is 3.50. The van der Waals surface area contributed by atoms with Crippen LogP contribution < -0.4 is 10.6 Å². The molecule has 104 valence electrons. The van der Waals surface area contributed by atoms with Gasteiger partial charge in [-0.3, -0.25) is 4.98 Å². The van der Waals surface area contributed by atoms with Crippen molar-refractivity contribution in [2.45, 2.75) is 0 Å². The molecule has 1 aromatic carbocycles. The van der Waals surface area contributed by atoms with E-state index in [4.69, 9.17) is 0 Å². The number of hydrogen-bond acceptors (Lipinski definition) is 5. The number of nitrogens with zero attached hydrogens (tertiary/aromatic N) is 3. The second kappa shape index (κ2) is 6.00. The van der Waals surface area contributed by atoms with E-state index in [-0.39, 0.29) is 0 Å². The molecule has 0 fully saturated rings. The lowest BCUT2D eigenvalue weighted by Crippen LogP contribution is -2.02. The van der Waals surface area contributed by atoms with Gasteiger partial charge in [-0.2, -0.15) is 4.98 Å². The Kier molecular flexibility index (Phi) is 3.73. The lowest BCUT2D eigenvalue weighted by Gasteiger charge is -2.09. The van der Waals surface area contributed by atoms with Gasteiger partial charge in [-0.15, -0.1) is 0 Å². The molecular formula is C16H15N5. The smallest absolute Gasteiger partial charge is 0.224 e. The zero-order valence-electron chi connectivity index (χ0n) is 11.6. The van der Waals surface area contributed by atoms with Crippen molar-refractivity contribution in [2.75, 3.05) is 17.7 Å². The summed E-state index contributed by atoms with van der Waals surface area (Å²) in [6, 6.07) is 15.7. The first kappa shape index (κ1) is 13.1. The Morgan fingerprint density at radius 3 is 2.38 bits per heavy atom. The van der Waals surface area contributed by atoms with Crippen molar-refractivity contribution < 1.29 is 0 Å². The van der Waals surface area contributed by atoms with Crippen LogP contribution in [-0.4, -0.2) is 22.0 Å². The Balaban J connectivity index is 1.98. The van der Waals surface area contributed by atoms with Crippen molar-refractivity contribution in [1.82, 2.24) is 15.0 Å². The van der Waals surface area contributed by atoms with Crippen molar-refractivity contribution in [1.29, 1.82) is 0 Å². The molecule has 5 nitrogen and oxygen atoms in total. The Labute approximate surface area is 123 Å². The maximum Gasteiger partial charge on any atom is 0.224 e. The van der Waals surface area contributed by atoms with Crippen LogP contribution in [0.2, 0.25) is 0 Å². The Bertz CT molecular complexity index is 713. The highest BCUT2D eigenvalue weighted by Gasteiger charge is 2.06. The predicted molar refractivity (Wildman–Crippen MR) is 84.5 cm³/mol. The average Bonchev–Trinajstić information content (AvgIpc) is 2.56. The summed E-state index contributed by atoms with van der Waals surface area (Å²) >= 11 is 0. The number of nitrogens with one attached hydrogen (secondary N) is 2. The zero-order valence-corrected chi connectivity index (χ0v) is 11.6. The topological polar surface area (TPSA) is 62.7 Å². The molecule has 21 heavy (non-hydrogen) atoms. The normalized spacial score (nSPS) is 10.1. The molecule has 0 amide bonds. The van der Waals surface area contributed by atoms with E-state index in [0.29, 0.717) is 5.95 Å². The van der Waals surface area contributed by atoms with Gasteiger partial charge in [0.1, 0.15) is 5.82 Å². The van der Waals surface area contributed by atoms with Gasteiger partial charge in [0.25, 0.3) is 0 Å². The molecule has 0 bridgehead atoms. The molecule has 2 N–H and O–H groups in total. The molecule has 3 rings (SSSR count). The van der Waals surface area contributed by atoms with Crippen LogP contribution in [0.1, 0.15) is 0 Å². The maximum atomic E-state index is 4.47. The van der Waals surface area contributed by atoms with E-state index in [9.17, 15) is 0 Å². The summed E-state index contributed by atoms with van der Waals surface area (Å²) in [6.45, 7) is 0. The number of pyridine rings is 1. The number of para-hydroxylation sites is 1. The fraction of sp³-hybridized carbons (Fsp3) is 0.0625. The van der Waals surface area contributed by atoms with Crippen LogP contribution in [0.5, 0.6) is 0 Å². The van der Waals surface area contributed by atoms with Gasteiger partial charge in [0, 0.05) is 36.8 Å². The van der Waals surface area contributed by atoms with E-state index in [1.807, 2.05) is 48.5 Å². The molecule has 0 saturated carbocycles. The monoisotopic (exact) mass is 277 g/mol. The summed E-state index contributed by atoms with van der Waals surface area (Å²) in [5.74, 6) is 1.31. The van der Waals surface area contributed by atoms with E-state index in [1.165, 1.54) is 0 Å². The van der Waals surface area contributed by atoms with Crippen molar-refractivity contribution in [2.24, 2.45) is 0 Å². The van der Waals surface area contributed by atoms with Gasteiger partial charge in [-0.25, -0.2) is 4.98 Å². The first-order valence-corrected chi connectivity index (χ1v) is 6.64. The third-order valence-corrected chi connectivity index (χ3v) is 2.97. The number of rotatable bonds is 4. The molecular weight excluding hydrogens is 262 g/mol. The summed E-state index contributed by atoms with van der Waals surface area (Å²) in [5.41, 5.74) is 2.83. The quantitative estimate of drug-likeness (QED) is 0.766. The molecule has 0 aliphatic carbocycles. The van der Waals surface area contributed by atoms with Crippen LogP contribution in [-0.2, 0) is 0 Å². The van der Waals surface area contributed by atoms with Gasteiger partial charge in [0.05, 0.1) is 5.69 Å². The van der Waals surface area contributed by atoms with Crippen molar-refractivity contribution in [3.63, 3.8) is 0 Å². The fourth-order valence-corrected chi connectivity index (χ4v) is 1.96. The second-order valence-electron chi connectivity index (χ2n) is 4.44. The molecule has 5 heteroatoms. The fourth-order valence-electron chi connectivity index (χ4n) is 1.96. The third kappa shape index (κ3) is 3.14. The molecule has 2 heterocycles. The molecule has 0 spiro atoms. The standard InChI is InChI=1S/C16H15N5/c1-17-16-20-14(12-7-9-18-10-8-12)11-15(21-16)19-13-5-3-2-4-6-13/h2-11H,1H3,(H2,17,19,20,21). The zero-order chi connectivity index (χ0) is 14.5. The average molecular weight is 277 g/mol. The van der Waals surface area contributed by atoms with Crippen LogP contribution in [0.3, 0.4) is 0 Å². The van der Waals surface area contributed by atoms with Crippen LogP contribution in [0.4, 0.5) is 17.5 Å². The van der Waals surface area contributed by atoms with Crippen molar-refractivity contribution >= 4 is 17.5 Å². The molecule has 2 aromatic heterocycles. The number of benzene rings is 1. The minimum absolute atomic E-state index is 0.572. The van der Waals surface area contributed by atoms with Crippen molar-refractivity contribution in [3.8, 4) is 11.3 Å². The first-order chi connectivity index (χ1) is 10.3. The molecule has 3 aromatic rings. The largest absolute Gasteiger partial charge is 0.357 e. The van der Waals surface area contributed by atoms with Gasteiger partial charge in [0.15, 0.2) is 0 Å². The Morgan fingerprint density at radius 1 is 0.905 bits per heavy atom. The number of anilines is 3. The van der Waals surface area contributed by atoms with E-state index in [0.717, 1.165) is 22.8 Å². The van der Waals surface area contributed by atoms with Crippen LogP contribution >= 0.6 is 0 Å². The van der Waals surface area contributed by atoms with Gasteiger partial charge < -0.3 is 10.6 Å².